The quantitative estimate of drug-likeness (QED) is 0.176. The Morgan fingerprint density at radius 3 is 0.812 bits per heavy atom. The van der Waals surface area contributed by atoms with Crippen LogP contribution in [0, 0.1) is 0 Å². The molecule has 0 saturated carbocycles. The summed E-state index contributed by atoms with van der Waals surface area (Å²) >= 11 is 11.4. The van der Waals surface area contributed by atoms with E-state index in [1.165, 1.54) is 0 Å². The van der Waals surface area contributed by atoms with Crippen molar-refractivity contribution in [3.8, 4) is 11.1 Å². The van der Waals surface area contributed by atoms with Crippen molar-refractivity contribution in [2.24, 2.45) is 0 Å². The molecule has 0 aliphatic heterocycles. The number of sulfone groups is 2. The van der Waals surface area contributed by atoms with Gasteiger partial charge in [0.1, 0.15) is 19.6 Å². The molecule has 4 N–H and O–H groups in total. The summed E-state index contributed by atoms with van der Waals surface area (Å²) in [4.78, 5) is -10.0. The van der Waals surface area contributed by atoms with Crippen LogP contribution in [-0.2, 0) is 60.1 Å². The highest BCUT2D eigenvalue weighted by molar-refractivity contribution is 7.94. The van der Waals surface area contributed by atoms with Crippen LogP contribution in [0.5, 0.6) is 0 Å². The van der Waals surface area contributed by atoms with Crippen LogP contribution in [0.25, 0.3) is 11.1 Å². The van der Waals surface area contributed by atoms with Gasteiger partial charge in [0.15, 0.2) is 0 Å². The zero-order valence-corrected chi connectivity index (χ0v) is 29.2. The minimum absolute atomic E-state index is 0.336. The molecule has 0 aliphatic carbocycles. The fourth-order valence-electron chi connectivity index (χ4n) is 4.27. The highest BCUT2D eigenvalue weighted by Crippen LogP contribution is 2.38. The Bertz CT molecular complexity index is 2520. The summed E-state index contributed by atoms with van der Waals surface area (Å²) in [6.07, 6.45) is 0. The molecular weight excluding hydrogens is 808 g/mol. The summed E-state index contributed by atoms with van der Waals surface area (Å²) in [6, 6.07) is 7.93. The third-order valence-corrected chi connectivity index (χ3v) is 14.6. The van der Waals surface area contributed by atoms with Gasteiger partial charge in [0.2, 0.25) is 19.7 Å². The van der Waals surface area contributed by atoms with E-state index in [1.54, 1.807) is 0 Å². The lowest BCUT2D eigenvalue weighted by molar-refractivity contribution is 0.476. The first kappa shape index (κ1) is 37.8. The molecule has 4 aromatic carbocycles. The zero-order valence-electron chi connectivity index (χ0n) is 22.8. The first-order chi connectivity index (χ1) is 21.7. The lowest BCUT2D eigenvalue weighted by Crippen LogP contribution is -2.14. The largest absolute Gasteiger partial charge is 0.295 e. The molecule has 16 nitrogen and oxygen atoms in total. The van der Waals surface area contributed by atoms with Crippen molar-refractivity contribution in [3.05, 3.63) is 82.8 Å². The molecule has 0 heterocycles. The van der Waals surface area contributed by atoms with Crippen molar-refractivity contribution in [3.63, 3.8) is 0 Å². The maximum Gasteiger partial charge on any atom is 0.295 e. The minimum Gasteiger partial charge on any atom is -0.282 e. The van der Waals surface area contributed by atoms with Crippen LogP contribution in [0.4, 0.5) is 0 Å². The lowest BCUT2D eigenvalue weighted by Gasteiger charge is -2.15. The SMILES string of the molecule is O=S(=O)(O)c1cc(Cl)ccc1S(=O)(=O)c1ccc(-c2ccc(S(=O)(=O)c3ccc(Cl)cc3S(=O)(=O)O)c(S(=O)(=O)O)c2)cc1S(=O)(=O)O. The summed E-state index contributed by atoms with van der Waals surface area (Å²) in [5, 5.41) is -0.672. The van der Waals surface area contributed by atoms with Crippen molar-refractivity contribution in [2.75, 3.05) is 0 Å². The Balaban J connectivity index is 1.99. The van der Waals surface area contributed by atoms with E-state index in [2.05, 4.69) is 0 Å². The van der Waals surface area contributed by atoms with E-state index in [9.17, 15) is 68.7 Å². The van der Waals surface area contributed by atoms with Crippen molar-refractivity contribution in [1.82, 2.24) is 0 Å². The Labute approximate surface area is 283 Å². The predicted molar refractivity (Wildman–Crippen MR) is 165 cm³/mol. The molecule has 0 aliphatic rings. The van der Waals surface area contributed by atoms with Crippen LogP contribution in [0.1, 0.15) is 0 Å². The summed E-state index contributed by atoms with van der Waals surface area (Å²) in [5.41, 5.74) is -0.849. The van der Waals surface area contributed by atoms with E-state index in [4.69, 9.17) is 23.2 Å². The molecule has 258 valence electrons. The van der Waals surface area contributed by atoms with E-state index < -0.39 is 110 Å². The Morgan fingerprint density at radius 1 is 0.333 bits per heavy atom. The van der Waals surface area contributed by atoms with Crippen LogP contribution in [0.15, 0.2) is 112 Å². The standard InChI is InChI=1S/C24H16Cl2O16S6/c25-15-3-7-19(23(11-15)47(37,38)39)43(27,28)17-5-1-13(9-21(17)45(31,32)33)14-2-6-18(22(10-14)46(34,35)36)44(29,30)20-8-4-16(26)12-24(20)48(40,41)42/h1-12H,(H,31,32,33)(H,34,35,36)(H,37,38,39)(H,40,41,42). The summed E-state index contributed by atoms with van der Waals surface area (Å²) in [5.74, 6) is 0. The molecule has 4 aromatic rings. The second-order valence-electron chi connectivity index (χ2n) is 9.41. The van der Waals surface area contributed by atoms with Crippen LogP contribution >= 0.6 is 23.2 Å². The molecule has 0 unspecified atom stereocenters. The molecule has 0 spiro atoms. The molecule has 0 amide bonds. The lowest BCUT2D eigenvalue weighted by atomic mass is 10.1. The van der Waals surface area contributed by atoms with Crippen molar-refractivity contribution in [1.29, 1.82) is 0 Å². The van der Waals surface area contributed by atoms with E-state index >= 15 is 0 Å². The molecule has 0 bridgehead atoms. The second-order valence-corrected chi connectivity index (χ2v) is 19.6. The number of benzene rings is 4. The molecule has 0 radical (unpaired) electrons. The Morgan fingerprint density at radius 2 is 0.562 bits per heavy atom. The van der Waals surface area contributed by atoms with Gasteiger partial charge in [-0.15, -0.1) is 0 Å². The van der Waals surface area contributed by atoms with Gasteiger partial charge in [-0.25, -0.2) is 16.8 Å². The van der Waals surface area contributed by atoms with Gasteiger partial charge in [0.25, 0.3) is 40.5 Å². The summed E-state index contributed by atoms with van der Waals surface area (Å²) < 4.78 is 190. The number of rotatable bonds is 9. The van der Waals surface area contributed by atoms with Crippen LogP contribution in [0.2, 0.25) is 10.0 Å². The molecular formula is C24H16Cl2O16S6. The summed E-state index contributed by atoms with van der Waals surface area (Å²) in [6.45, 7) is 0. The second kappa shape index (κ2) is 12.4. The van der Waals surface area contributed by atoms with Gasteiger partial charge >= 0.3 is 0 Å². The fourth-order valence-corrected chi connectivity index (χ4v) is 12.5. The minimum atomic E-state index is -5.51. The number of halogens is 2. The average molecular weight is 824 g/mol. The molecule has 4 rings (SSSR count). The third kappa shape index (κ3) is 7.44. The molecule has 0 atom stereocenters. The monoisotopic (exact) mass is 822 g/mol. The Hall–Kier alpha value is -3.00. The van der Waals surface area contributed by atoms with Crippen molar-refractivity contribution < 1.29 is 68.7 Å². The molecule has 48 heavy (non-hydrogen) atoms. The van der Waals surface area contributed by atoms with Gasteiger partial charge in [0.05, 0.1) is 19.6 Å². The van der Waals surface area contributed by atoms with Crippen molar-refractivity contribution in [2.45, 2.75) is 39.2 Å². The van der Waals surface area contributed by atoms with E-state index in [0.29, 0.717) is 48.5 Å². The first-order valence-corrected chi connectivity index (χ1v) is 21.4. The number of hydrogen-bond donors (Lipinski definition) is 4. The first-order valence-electron chi connectivity index (χ1n) is 11.9. The topological polar surface area (TPSA) is 286 Å². The van der Waals surface area contributed by atoms with Gasteiger partial charge in [0, 0.05) is 10.0 Å². The van der Waals surface area contributed by atoms with E-state index in [0.717, 1.165) is 24.3 Å². The molecule has 0 aromatic heterocycles. The highest BCUT2D eigenvalue weighted by Gasteiger charge is 2.34. The normalized spacial score (nSPS) is 13.4. The number of hydrogen-bond acceptors (Lipinski definition) is 12. The maximum atomic E-state index is 13.5. The van der Waals surface area contributed by atoms with Gasteiger partial charge in [-0.3, -0.25) is 18.2 Å². The molecule has 0 saturated heterocycles. The maximum absolute atomic E-state index is 13.5. The zero-order chi connectivity index (χ0) is 36.4. The Kier molecular flexibility index (Phi) is 9.77. The fraction of sp³-hybridized carbons (Fsp3) is 0. The van der Waals surface area contributed by atoms with Gasteiger partial charge < -0.3 is 0 Å². The third-order valence-electron chi connectivity index (χ3n) is 6.30. The highest BCUT2D eigenvalue weighted by atomic mass is 35.5. The average Bonchev–Trinajstić information content (AvgIpc) is 2.94. The van der Waals surface area contributed by atoms with Gasteiger partial charge in [-0.05, 0) is 71.8 Å². The van der Waals surface area contributed by atoms with Crippen molar-refractivity contribution >= 4 is 83.3 Å². The smallest absolute Gasteiger partial charge is 0.282 e. The predicted octanol–water partition coefficient (Wildman–Crippen LogP) is 3.31. The van der Waals surface area contributed by atoms with Crippen LogP contribution in [-0.4, -0.2) is 68.7 Å². The van der Waals surface area contributed by atoms with Crippen LogP contribution < -0.4 is 0 Å². The van der Waals surface area contributed by atoms with Gasteiger partial charge in [-0.1, -0.05) is 35.3 Å². The van der Waals surface area contributed by atoms with E-state index in [-0.39, 0.29) is 10.0 Å². The molecule has 0 fully saturated rings. The van der Waals surface area contributed by atoms with Gasteiger partial charge in [-0.2, -0.15) is 33.7 Å². The molecule has 24 heteroatoms. The summed E-state index contributed by atoms with van der Waals surface area (Å²) in [7, 11) is -32.0. The van der Waals surface area contributed by atoms with Crippen LogP contribution in [0.3, 0.4) is 0 Å². The van der Waals surface area contributed by atoms with E-state index in [1.807, 2.05) is 0 Å².